The van der Waals surface area contributed by atoms with Crippen LogP contribution in [0.25, 0.3) is 0 Å². The summed E-state index contributed by atoms with van der Waals surface area (Å²) in [4.78, 5) is 27.7. The highest BCUT2D eigenvalue weighted by atomic mass is 32.2. The van der Waals surface area contributed by atoms with Crippen molar-refractivity contribution < 1.29 is 46.1 Å². The Bertz CT molecular complexity index is 3520. The minimum atomic E-state index is -3.96. The SMILES string of the molecule is Cc1ccc(S(=O)(=O)N[C@H](CC(C)C)C(=O)NCCCCOc2c3cc(C(C)(C)C)cc2Cc2cc(C(C)(C)C)cc(c2O)Cc2cc(C(C)(C)C)cc(c2OCCCCNC(=O)[C@@H](CC(C)C)NS(=O)(=O)c2ccc(C)cc2)Cc2cc(C(C)(C)C)cc(c2O)C3)cc1. The van der Waals surface area contributed by atoms with E-state index in [2.05, 4.69) is 152 Å². The molecule has 6 aromatic rings. The number of amides is 2. The van der Waals surface area contributed by atoms with Crippen molar-refractivity contribution in [2.24, 2.45) is 11.8 Å². The van der Waals surface area contributed by atoms with Gasteiger partial charge in [-0.05, 0) is 177 Å². The predicted octanol–water partition coefficient (Wildman–Crippen LogP) is 14.9. The van der Waals surface area contributed by atoms with Crippen molar-refractivity contribution in [1.29, 1.82) is 0 Å². The van der Waals surface area contributed by atoms with Crippen LogP contribution in [-0.2, 0) is 77.0 Å². The van der Waals surface area contributed by atoms with Gasteiger partial charge in [0, 0.05) is 38.8 Å². The maximum Gasteiger partial charge on any atom is 0.241 e. The molecule has 14 nitrogen and oxygen atoms in total. The fourth-order valence-corrected chi connectivity index (χ4v) is 14.2. The molecule has 1 aliphatic rings. The Labute approximate surface area is 563 Å². The van der Waals surface area contributed by atoms with E-state index in [1.54, 1.807) is 48.5 Å². The zero-order valence-electron chi connectivity index (χ0n) is 59.4. The van der Waals surface area contributed by atoms with Gasteiger partial charge in [-0.15, -0.1) is 0 Å². The van der Waals surface area contributed by atoms with Gasteiger partial charge in [0.2, 0.25) is 31.9 Å². The minimum Gasteiger partial charge on any atom is -0.507 e. The molecule has 0 unspecified atom stereocenters. The quantitative estimate of drug-likeness (QED) is 0.0315. The molecule has 0 saturated carbocycles. The summed E-state index contributed by atoms with van der Waals surface area (Å²) >= 11 is 0. The van der Waals surface area contributed by atoms with Crippen LogP contribution >= 0.6 is 0 Å². The van der Waals surface area contributed by atoms with Crippen LogP contribution in [0.5, 0.6) is 23.0 Å². The Hall–Kier alpha value is -6.72. The highest BCUT2D eigenvalue weighted by Crippen LogP contribution is 2.44. The molecule has 0 aromatic heterocycles. The number of phenols is 2. The van der Waals surface area contributed by atoms with Crippen molar-refractivity contribution in [3.05, 3.63) is 175 Å². The number of benzene rings is 6. The molecule has 0 aliphatic heterocycles. The molecule has 2 amide bonds. The molecule has 0 fully saturated rings. The van der Waals surface area contributed by atoms with Gasteiger partial charge in [0.15, 0.2) is 0 Å². The van der Waals surface area contributed by atoms with Crippen LogP contribution in [0.1, 0.15) is 227 Å². The average molecular weight is 1330 g/mol. The van der Waals surface area contributed by atoms with Crippen LogP contribution in [0, 0.1) is 25.7 Å². The molecule has 7 rings (SSSR count). The lowest BCUT2D eigenvalue weighted by Crippen LogP contribution is -2.47. The number of unbranched alkanes of at least 4 members (excludes halogenated alkanes) is 2. The Kier molecular flexibility index (Phi) is 24.3. The van der Waals surface area contributed by atoms with Crippen LogP contribution in [0.3, 0.4) is 0 Å². The second-order valence-electron chi connectivity index (χ2n) is 31.2. The third-order valence-electron chi connectivity index (χ3n) is 17.5. The van der Waals surface area contributed by atoms with Crippen molar-refractivity contribution >= 4 is 31.9 Å². The number of phenolic OH excluding ortho intramolecular Hbond substituents is 2. The van der Waals surface area contributed by atoms with E-state index < -0.39 is 32.1 Å². The monoisotopic (exact) mass is 1320 g/mol. The largest absolute Gasteiger partial charge is 0.507 e. The topological polar surface area (TPSA) is 209 Å². The Balaban J connectivity index is 1.24. The highest BCUT2D eigenvalue weighted by molar-refractivity contribution is 7.89. The van der Waals surface area contributed by atoms with Crippen molar-refractivity contribution in [1.82, 2.24) is 20.1 Å². The van der Waals surface area contributed by atoms with Crippen molar-refractivity contribution in [3.8, 4) is 23.0 Å². The van der Waals surface area contributed by atoms with Crippen LogP contribution < -0.4 is 29.6 Å². The van der Waals surface area contributed by atoms with E-state index in [-0.39, 0.29) is 66.6 Å². The third kappa shape index (κ3) is 20.2. The molecular weight excluding hydrogens is 1220 g/mol. The normalized spacial score (nSPS) is 14.0. The Morgan fingerprint density at radius 2 is 0.681 bits per heavy atom. The molecule has 94 heavy (non-hydrogen) atoms. The molecule has 1 aliphatic carbocycles. The summed E-state index contributed by atoms with van der Waals surface area (Å²) in [7, 11) is -7.93. The molecule has 0 saturated heterocycles. The van der Waals surface area contributed by atoms with E-state index in [4.69, 9.17) is 9.47 Å². The Morgan fingerprint density at radius 1 is 0.426 bits per heavy atom. The van der Waals surface area contributed by atoms with E-state index in [1.807, 2.05) is 41.5 Å². The van der Waals surface area contributed by atoms with Gasteiger partial charge in [0.25, 0.3) is 0 Å². The number of carbonyl (C=O) groups excluding carboxylic acids is 2. The number of sulfonamides is 2. The maximum atomic E-state index is 13.8. The van der Waals surface area contributed by atoms with E-state index in [9.17, 15) is 36.6 Å². The number of rotatable bonds is 24. The summed E-state index contributed by atoms with van der Waals surface area (Å²) in [6.45, 7) is 39.0. The van der Waals surface area contributed by atoms with Crippen molar-refractivity contribution in [2.75, 3.05) is 26.3 Å². The first-order valence-corrected chi connectivity index (χ1v) is 36.7. The number of carbonyl (C=O) groups is 2. The number of fused-ring (bicyclic) bond motifs is 8. The van der Waals surface area contributed by atoms with Gasteiger partial charge in [0.1, 0.15) is 35.1 Å². The molecule has 512 valence electrons. The summed E-state index contributed by atoms with van der Waals surface area (Å²) in [5.74, 6) is 1.01. The molecular formula is C78H108N4O10S2. The average Bonchev–Trinajstić information content (AvgIpc) is 0.777. The number of aryl methyl sites for hydroxylation is 2. The van der Waals surface area contributed by atoms with Crippen molar-refractivity contribution in [2.45, 2.75) is 232 Å². The number of hydrogen-bond donors (Lipinski definition) is 6. The zero-order chi connectivity index (χ0) is 69.5. The van der Waals surface area contributed by atoms with Gasteiger partial charge < -0.3 is 30.3 Å². The van der Waals surface area contributed by atoms with Crippen LogP contribution in [0.2, 0.25) is 0 Å². The molecule has 6 aromatic carbocycles. The summed E-state index contributed by atoms with van der Waals surface area (Å²) in [6.07, 6.45) is 4.16. The smallest absolute Gasteiger partial charge is 0.241 e. The predicted molar refractivity (Wildman–Crippen MR) is 380 cm³/mol. The standard InChI is InChI=1S/C78H108N4O10S2/c1-49(2)35-67(81-93(87,88)65-27-23-51(5)24-28-65)73(85)79-31-19-21-33-91-71-57-37-53-41-61(75(7,8)9)43-55(69(53)83)39-59-47-64(78(16,17)18)48-60(40-56-44-62(76(10,11)12)42-54(70(56)84)38-58(71)46-63(45-57)77(13,14)15)72(59)92-34-22-20-32-80-74(86)68(36-50(3)4)82-94(89,90)66-29-25-52(6)26-30-66/h23-30,41-50,67-68,81-84H,19-22,31-40H2,1-18H3,(H,79,85)(H,80,86)/t67-,68-/m1/s1. The number of hydrogen-bond acceptors (Lipinski definition) is 10. The number of aromatic hydroxyl groups is 2. The molecule has 0 spiro atoms. The molecule has 8 bridgehead atoms. The van der Waals surface area contributed by atoms with Crippen LogP contribution in [-0.4, -0.2) is 77.2 Å². The molecule has 16 heteroatoms. The zero-order valence-corrected chi connectivity index (χ0v) is 61.1. The molecule has 0 heterocycles. The van der Waals surface area contributed by atoms with Crippen LogP contribution in [0.15, 0.2) is 107 Å². The van der Waals surface area contributed by atoms with E-state index >= 15 is 0 Å². The summed E-state index contributed by atoms with van der Waals surface area (Å²) in [5.41, 5.74) is 11.4. The van der Waals surface area contributed by atoms with Gasteiger partial charge >= 0.3 is 0 Å². The molecule has 0 radical (unpaired) electrons. The first-order chi connectivity index (χ1) is 43.7. The van der Waals surface area contributed by atoms with E-state index in [0.29, 0.717) is 102 Å². The van der Waals surface area contributed by atoms with E-state index in [0.717, 1.165) is 77.9 Å². The van der Waals surface area contributed by atoms with Gasteiger partial charge in [-0.2, -0.15) is 9.44 Å². The van der Waals surface area contributed by atoms with Gasteiger partial charge in [-0.1, -0.05) is 195 Å². The first-order valence-electron chi connectivity index (χ1n) is 33.7. The molecule has 6 N–H and O–H groups in total. The van der Waals surface area contributed by atoms with E-state index in [1.165, 1.54) is 0 Å². The van der Waals surface area contributed by atoms with Gasteiger partial charge in [-0.25, -0.2) is 16.8 Å². The number of nitrogens with one attached hydrogen (secondary N) is 4. The highest BCUT2D eigenvalue weighted by Gasteiger charge is 2.32. The summed E-state index contributed by atoms with van der Waals surface area (Å²) < 4.78 is 73.3. The van der Waals surface area contributed by atoms with Crippen molar-refractivity contribution in [3.63, 3.8) is 0 Å². The summed E-state index contributed by atoms with van der Waals surface area (Å²) in [6, 6.07) is 28.5. The number of ether oxygens (including phenoxy) is 2. The van der Waals surface area contributed by atoms with Gasteiger partial charge in [-0.3, -0.25) is 9.59 Å². The van der Waals surface area contributed by atoms with Gasteiger partial charge in [0.05, 0.1) is 23.0 Å². The third-order valence-corrected chi connectivity index (χ3v) is 20.5. The second kappa shape index (κ2) is 30.6. The minimum absolute atomic E-state index is 0.0452. The lowest BCUT2D eigenvalue weighted by atomic mass is 9.79. The summed E-state index contributed by atoms with van der Waals surface area (Å²) in [5, 5.41) is 31.8. The fourth-order valence-electron chi connectivity index (χ4n) is 11.8. The Morgan fingerprint density at radius 3 is 0.926 bits per heavy atom. The fraction of sp³-hybridized carbons (Fsp3) is 0.513. The first kappa shape index (κ1) is 74.7. The van der Waals surface area contributed by atoms with Crippen LogP contribution in [0.4, 0.5) is 0 Å². The second-order valence-corrected chi connectivity index (χ2v) is 34.6. The maximum absolute atomic E-state index is 13.8. The lowest BCUT2D eigenvalue weighted by Gasteiger charge is -2.28. The molecule has 2 atom stereocenters. The lowest BCUT2D eigenvalue weighted by molar-refractivity contribution is -0.123.